The van der Waals surface area contributed by atoms with Crippen molar-refractivity contribution in [3.63, 3.8) is 0 Å². The maximum absolute atomic E-state index is 12.6. The maximum atomic E-state index is 12.6. The maximum Gasteiger partial charge on any atom is 0.328 e. The fourth-order valence-electron chi connectivity index (χ4n) is 2.71. The van der Waals surface area contributed by atoms with E-state index in [2.05, 4.69) is 6.92 Å². The van der Waals surface area contributed by atoms with E-state index in [1.807, 2.05) is 24.3 Å². The molecule has 0 radical (unpaired) electrons. The van der Waals surface area contributed by atoms with Gasteiger partial charge in [0, 0.05) is 12.1 Å². The Morgan fingerprint density at radius 2 is 1.96 bits per heavy atom. The average Bonchev–Trinajstić information content (AvgIpc) is 3.11. The molecule has 1 fully saturated rings. The molecule has 1 aliphatic heterocycles. The lowest BCUT2D eigenvalue weighted by Gasteiger charge is -2.32. The largest absolute Gasteiger partial charge is 0.480 e. The summed E-state index contributed by atoms with van der Waals surface area (Å²) in [5.41, 5.74) is 2.10. The normalized spacial score (nSPS) is 17.7. The van der Waals surface area contributed by atoms with Crippen LogP contribution in [0.4, 0.5) is 0 Å². The highest BCUT2D eigenvalue weighted by Gasteiger charge is 2.34. The van der Waals surface area contributed by atoms with Crippen LogP contribution in [0.5, 0.6) is 0 Å². The van der Waals surface area contributed by atoms with Crippen molar-refractivity contribution in [3.05, 3.63) is 47.7 Å². The molecule has 3 rings (SSSR count). The second-order valence-corrected chi connectivity index (χ2v) is 5.64. The quantitative estimate of drug-likeness (QED) is 0.932. The minimum Gasteiger partial charge on any atom is -0.480 e. The third-order valence-electron chi connectivity index (χ3n) is 4.14. The van der Waals surface area contributed by atoms with Gasteiger partial charge in [-0.3, -0.25) is 4.79 Å². The molecule has 6 heteroatoms. The number of ether oxygens (including phenoxy) is 1. The molecule has 1 unspecified atom stereocenters. The van der Waals surface area contributed by atoms with E-state index in [1.54, 1.807) is 12.1 Å². The van der Waals surface area contributed by atoms with Gasteiger partial charge in [0.1, 0.15) is 5.76 Å². The molecular weight excluding hydrogens is 310 g/mol. The van der Waals surface area contributed by atoms with Gasteiger partial charge in [-0.2, -0.15) is 0 Å². The van der Waals surface area contributed by atoms with Crippen LogP contribution in [0.2, 0.25) is 0 Å². The number of aryl methyl sites for hydroxylation is 1. The van der Waals surface area contributed by atoms with Crippen LogP contribution in [0.25, 0.3) is 11.3 Å². The van der Waals surface area contributed by atoms with Gasteiger partial charge in [-0.25, -0.2) is 4.79 Å². The van der Waals surface area contributed by atoms with Crippen LogP contribution in [0.15, 0.2) is 40.8 Å². The monoisotopic (exact) mass is 329 g/mol. The molecule has 1 atom stereocenters. The highest BCUT2D eigenvalue weighted by atomic mass is 16.5. The van der Waals surface area contributed by atoms with E-state index in [0.29, 0.717) is 12.4 Å². The summed E-state index contributed by atoms with van der Waals surface area (Å²) in [5, 5.41) is 9.23. The van der Waals surface area contributed by atoms with Crippen LogP contribution in [-0.2, 0) is 16.0 Å². The first-order chi connectivity index (χ1) is 11.6. The van der Waals surface area contributed by atoms with Crippen LogP contribution in [0.1, 0.15) is 23.0 Å². The van der Waals surface area contributed by atoms with Gasteiger partial charge in [-0.15, -0.1) is 0 Å². The molecule has 24 heavy (non-hydrogen) atoms. The highest BCUT2D eigenvalue weighted by Crippen LogP contribution is 2.24. The molecule has 1 aromatic heterocycles. The molecule has 0 spiro atoms. The van der Waals surface area contributed by atoms with E-state index < -0.39 is 17.9 Å². The molecule has 1 saturated heterocycles. The average molecular weight is 329 g/mol. The zero-order chi connectivity index (χ0) is 17.1. The Hall–Kier alpha value is -2.60. The van der Waals surface area contributed by atoms with Gasteiger partial charge in [0.2, 0.25) is 0 Å². The molecular formula is C18H19NO5. The Kier molecular flexibility index (Phi) is 4.66. The number of rotatable bonds is 4. The number of carboxylic acids is 1. The fraction of sp³-hybridized carbons (Fsp3) is 0.333. The first-order valence-corrected chi connectivity index (χ1v) is 7.91. The molecule has 1 aromatic carbocycles. The van der Waals surface area contributed by atoms with Crippen molar-refractivity contribution in [1.29, 1.82) is 0 Å². The third kappa shape index (κ3) is 3.19. The Balaban J connectivity index is 1.81. The zero-order valence-electron chi connectivity index (χ0n) is 13.4. The molecule has 6 nitrogen and oxygen atoms in total. The number of benzene rings is 1. The Morgan fingerprint density at radius 3 is 2.62 bits per heavy atom. The minimum atomic E-state index is -1.08. The number of carboxylic acid groups (broad SMARTS) is 1. The molecule has 1 aliphatic rings. The second-order valence-electron chi connectivity index (χ2n) is 5.64. The lowest BCUT2D eigenvalue weighted by atomic mass is 10.1. The van der Waals surface area contributed by atoms with Gasteiger partial charge in [0.25, 0.3) is 5.91 Å². The van der Waals surface area contributed by atoms with Crippen molar-refractivity contribution in [3.8, 4) is 11.3 Å². The van der Waals surface area contributed by atoms with Crippen LogP contribution in [0, 0.1) is 0 Å². The molecule has 2 heterocycles. The van der Waals surface area contributed by atoms with E-state index in [1.165, 1.54) is 10.5 Å². The summed E-state index contributed by atoms with van der Waals surface area (Å²) < 4.78 is 10.8. The summed E-state index contributed by atoms with van der Waals surface area (Å²) >= 11 is 0. The molecule has 0 saturated carbocycles. The first kappa shape index (κ1) is 16.3. The van der Waals surface area contributed by atoms with Crippen molar-refractivity contribution < 1.29 is 23.8 Å². The summed E-state index contributed by atoms with van der Waals surface area (Å²) in [6.07, 6.45) is 0.954. The van der Waals surface area contributed by atoms with Crippen molar-refractivity contribution in [2.75, 3.05) is 19.8 Å². The van der Waals surface area contributed by atoms with Gasteiger partial charge in [-0.05, 0) is 24.1 Å². The molecule has 1 N–H and O–H groups in total. The van der Waals surface area contributed by atoms with E-state index >= 15 is 0 Å². The van der Waals surface area contributed by atoms with E-state index in [4.69, 9.17) is 9.15 Å². The lowest BCUT2D eigenvalue weighted by Crippen LogP contribution is -2.52. The molecule has 126 valence electrons. The fourth-order valence-corrected chi connectivity index (χ4v) is 2.71. The van der Waals surface area contributed by atoms with Gasteiger partial charge in [0.05, 0.1) is 13.2 Å². The van der Waals surface area contributed by atoms with E-state index in [-0.39, 0.29) is 18.9 Å². The van der Waals surface area contributed by atoms with Crippen molar-refractivity contribution in [2.45, 2.75) is 19.4 Å². The number of amides is 1. The first-order valence-electron chi connectivity index (χ1n) is 7.91. The summed E-state index contributed by atoms with van der Waals surface area (Å²) in [7, 11) is 0. The second kappa shape index (κ2) is 6.88. The van der Waals surface area contributed by atoms with Gasteiger partial charge in [-0.1, -0.05) is 31.2 Å². The van der Waals surface area contributed by atoms with E-state index in [9.17, 15) is 14.7 Å². The Morgan fingerprint density at radius 1 is 1.21 bits per heavy atom. The summed E-state index contributed by atoms with van der Waals surface area (Å²) in [6, 6.07) is 10.2. The van der Waals surface area contributed by atoms with Crippen LogP contribution in [0.3, 0.4) is 0 Å². The van der Waals surface area contributed by atoms with Gasteiger partial charge in [0.15, 0.2) is 11.8 Å². The van der Waals surface area contributed by atoms with Crippen LogP contribution >= 0.6 is 0 Å². The predicted molar refractivity (Wildman–Crippen MR) is 86.8 cm³/mol. The smallest absolute Gasteiger partial charge is 0.328 e. The lowest BCUT2D eigenvalue weighted by molar-refractivity contribution is -0.147. The summed E-state index contributed by atoms with van der Waals surface area (Å²) in [5.74, 6) is -0.786. The third-order valence-corrected chi connectivity index (χ3v) is 4.14. The SMILES string of the molecule is CCc1ccc(-c2ccc(C(=O)N3CCOCC3C(=O)O)o2)cc1. The number of nitrogens with zero attached hydrogens (tertiary/aromatic N) is 1. The van der Waals surface area contributed by atoms with Crippen molar-refractivity contribution in [1.82, 2.24) is 4.90 Å². The number of furan rings is 1. The van der Waals surface area contributed by atoms with Gasteiger partial charge < -0.3 is 19.2 Å². The van der Waals surface area contributed by atoms with Crippen molar-refractivity contribution >= 4 is 11.9 Å². The number of carbonyl (C=O) groups excluding carboxylic acids is 1. The molecule has 1 amide bonds. The summed E-state index contributed by atoms with van der Waals surface area (Å²) in [4.78, 5) is 25.1. The Bertz CT molecular complexity index is 734. The van der Waals surface area contributed by atoms with Crippen LogP contribution in [-0.4, -0.2) is 47.7 Å². The Labute approximate surface area is 139 Å². The number of carbonyl (C=O) groups is 2. The summed E-state index contributed by atoms with van der Waals surface area (Å²) in [6.45, 7) is 2.63. The minimum absolute atomic E-state index is 0.00683. The highest BCUT2D eigenvalue weighted by molar-refractivity contribution is 5.95. The number of hydrogen-bond acceptors (Lipinski definition) is 4. The molecule has 0 aliphatic carbocycles. The standard InChI is InChI=1S/C18H19NO5/c1-2-12-3-5-13(6-4-12)15-7-8-16(24-15)17(20)19-9-10-23-11-14(19)18(21)22/h3-8,14H,2,9-11H2,1H3,(H,21,22). The topological polar surface area (TPSA) is 80.0 Å². The molecule has 2 aromatic rings. The van der Waals surface area contributed by atoms with Crippen LogP contribution < -0.4 is 0 Å². The van der Waals surface area contributed by atoms with Crippen molar-refractivity contribution in [2.24, 2.45) is 0 Å². The molecule has 0 bridgehead atoms. The number of morpholine rings is 1. The van der Waals surface area contributed by atoms with E-state index in [0.717, 1.165) is 12.0 Å². The zero-order valence-corrected chi connectivity index (χ0v) is 13.4. The predicted octanol–water partition coefficient (Wildman–Crippen LogP) is 2.43. The van der Waals surface area contributed by atoms with Gasteiger partial charge >= 0.3 is 5.97 Å². The number of hydrogen-bond donors (Lipinski definition) is 1. The number of aliphatic carboxylic acids is 1.